The van der Waals surface area contributed by atoms with Crippen LogP contribution in [0.5, 0.6) is 0 Å². The van der Waals surface area contributed by atoms with Crippen molar-refractivity contribution in [3.63, 3.8) is 0 Å². The molecule has 9 heteroatoms. The van der Waals surface area contributed by atoms with Crippen molar-refractivity contribution in [2.45, 2.75) is 90.8 Å². The predicted molar refractivity (Wildman–Crippen MR) is 108 cm³/mol. The first-order valence-corrected chi connectivity index (χ1v) is 10.8. The highest BCUT2D eigenvalue weighted by molar-refractivity contribution is 5.85. The van der Waals surface area contributed by atoms with Gasteiger partial charge in [0.05, 0.1) is 6.04 Å². The maximum absolute atomic E-state index is 13.7. The second-order valence-corrected chi connectivity index (χ2v) is 9.40. The number of aliphatic carboxylic acids is 1. The number of likely N-dealkylation sites (tertiary alicyclic amines) is 1. The van der Waals surface area contributed by atoms with E-state index in [1.54, 1.807) is 30.6 Å². The molecule has 2 atom stereocenters. The van der Waals surface area contributed by atoms with Crippen LogP contribution in [-0.4, -0.2) is 81.4 Å². The van der Waals surface area contributed by atoms with Gasteiger partial charge in [-0.1, -0.05) is 20.8 Å². The highest BCUT2D eigenvalue weighted by Crippen LogP contribution is 2.38. The number of carbonyl (C=O) groups is 3. The number of hydrogen-bond donors (Lipinski definition) is 1. The van der Waals surface area contributed by atoms with Gasteiger partial charge in [-0.15, -0.1) is 0 Å². The zero-order chi connectivity index (χ0) is 22.9. The normalized spacial score (nSPS) is 24.6. The van der Waals surface area contributed by atoms with Crippen LogP contribution >= 0.6 is 0 Å². The molecule has 7 nitrogen and oxygen atoms in total. The third kappa shape index (κ3) is 5.21. The average molecular weight is 432 g/mol. The number of halogens is 2. The molecule has 3 amide bonds. The maximum Gasteiger partial charge on any atom is 0.326 e. The van der Waals surface area contributed by atoms with Crippen LogP contribution in [0.15, 0.2) is 0 Å². The van der Waals surface area contributed by atoms with Crippen molar-refractivity contribution in [1.82, 2.24) is 14.7 Å². The Bertz CT molecular complexity index is 651. The molecule has 0 spiro atoms. The second-order valence-electron chi connectivity index (χ2n) is 9.40. The first-order valence-electron chi connectivity index (χ1n) is 10.8. The number of hydrogen-bond acceptors (Lipinski definition) is 3. The molecule has 1 aliphatic carbocycles. The summed E-state index contributed by atoms with van der Waals surface area (Å²) in [7, 11) is 0. The summed E-state index contributed by atoms with van der Waals surface area (Å²) in [4.78, 5) is 42.6. The molecule has 1 N–H and O–H groups in total. The summed E-state index contributed by atoms with van der Waals surface area (Å²) in [6.07, 6.45) is -0.122. The van der Waals surface area contributed by atoms with E-state index in [1.165, 1.54) is 4.90 Å². The molecule has 1 saturated carbocycles. The highest BCUT2D eigenvalue weighted by atomic mass is 19.3. The number of carboxylic acid groups (broad SMARTS) is 1. The van der Waals surface area contributed by atoms with E-state index in [1.807, 2.05) is 13.8 Å². The standard InChI is InChI=1S/C21H35F2N3O4/c1-6-24(7-2)19(30)25-13-15(12-16(25)17(27)28)26(18(29)20(3,4)5)14-8-10-21(22,23)11-9-14/h14-16H,6-13H2,1-5H3,(H,27,28)/t15-,16-/m0/s1. The summed E-state index contributed by atoms with van der Waals surface area (Å²) in [6, 6.07) is -2.29. The molecule has 2 rings (SSSR count). The fraction of sp³-hybridized carbons (Fsp3) is 0.857. The van der Waals surface area contributed by atoms with Crippen molar-refractivity contribution < 1.29 is 28.3 Å². The fourth-order valence-electron chi connectivity index (χ4n) is 4.46. The van der Waals surface area contributed by atoms with E-state index in [0.717, 1.165) is 0 Å². The van der Waals surface area contributed by atoms with Gasteiger partial charge in [-0.3, -0.25) is 4.79 Å². The summed E-state index contributed by atoms with van der Waals surface area (Å²) in [5.74, 6) is -4.03. The van der Waals surface area contributed by atoms with Gasteiger partial charge in [-0.2, -0.15) is 0 Å². The van der Waals surface area contributed by atoms with Crippen LogP contribution in [0.25, 0.3) is 0 Å². The number of carbonyl (C=O) groups excluding carboxylic acids is 2. The van der Waals surface area contributed by atoms with Gasteiger partial charge in [0.25, 0.3) is 0 Å². The van der Waals surface area contributed by atoms with Gasteiger partial charge < -0.3 is 19.8 Å². The molecular weight excluding hydrogens is 396 g/mol. The zero-order valence-electron chi connectivity index (χ0n) is 18.7. The van der Waals surface area contributed by atoms with Crippen LogP contribution in [0, 0.1) is 5.41 Å². The molecule has 0 aromatic rings. The van der Waals surface area contributed by atoms with Crippen LogP contribution in [-0.2, 0) is 9.59 Å². The number of alkyl halides is 2. The van der Waals surface area contributed by atoms with Crippen molar-refractivity contribution in [3.05, 3.63) is 0 Å². The third-order valence-corrected chi connectivity index (χ3v) is 6.19. The number of carboxylic acids is 1. The Labute approximate surface area is 177 Å². The Kier molecular flexibility index (Phi) is 7.35. The number of urea groups is 1. The number of amides is 3. The van der Waals surface area contributed by atoms with Crippen molar-refractivity contribution in [2.75, 3.05) is 19.6 Å². The Morgan fingerprint density at radius 1 is 1.07 bits per heavy atom. The summed E-state index contributed by atoms with van der Waals surface area (Å²) < 4.78 is 27.4. The van der Waals surface area contributed by atoms with E-state index in [9.17, 15) is 28.3 Å². The molecule has 0 aromatic heterocycles. The number of nitrogens with zero attached hydrogens (tertiary/aromatic N) is 3. The van der Waals surface area contributed by atoms with Crippen molar-refractivity contribution in [3.8, 4) is 0 Å². The minimum Gasteiger partial charge on any atom is -0.480 e. The molecule has 172 valence electrons. The molecule has 0 aromatic carbocycles. The summed E-state index contributed by atoms with van der Waals surface area (Å²) in [5, 5.41) is 9.72. The Hall–Kier alpha value is -1.93. The average Bonchev–Trinajstić information content (AvgIpc) is 3.08. The molecule has 0 radical (unpaired) electrons. The minimum atomic E-state index is -2.73. The zero-order valence-corrected chi connectivity index (χ0v) is 18.7. The number of rotatable bonds is 5. The molecular formula is C21H35F2N3O4. The Balaban J connectivity index is 2.33. The molecule has 1 saturated heterocycles. The molecule has 1 aliphatic heterocycles. The molecule has 2 aliphatic rings. The molecule has 0 bridgehead atoms. The SMILES string of the molecule is CCN(CC)C(=O)N1C[C@@H](N(C(=O)C(C)(C)C)C2CCC(F)(F)CC2)C[C@H]1C(=O)O. The molecule has 1 heterocycles. The van der Waals surface area contributed by atoms with Gasteiger partial charge in [0, 0.05) is 50.4 Å². The van der Waals surface area contributed by atoms with Crippen LogP contribution in [0.3, 0.4) is 0 Å². The first-order chi connectivity index (χ1) is 13.8. The lowest BCUT2D eigenvalue weighted by molar-refractivity contribution is -0.148. The van der Waals surface area contributed by atoms with Crippen molar-refractivity contribution in [2.24, 2.45) is 5.41 Å². The summed E-state index contributed by atoms with van der Waals surface area (Å²) in [6.45, 7) is 9.94. The van der Waals surface area contributed by atoms with E-state index in [2.05, 4.69) is 0 Å². The van der Waals surface area contributed by atoms with Gasteiger partial charge in [-0.25, -0.2) is 18.4 Å². The van der Waals surface area contributed by atoms with Gasteiger partial charge >= 0.3 is 12.0 Å². The highest BCUT2D eigenvalue weighted by Gasteiger charge is 2.48. The van der Waals surface area contributed by atoms with E-state index >= 15 is 0 Å². The van der Waals surface area contributed by atoms with Crippen LogP contribution < -0.4 is 0 Å². The van der Waals surface area contributed by atoms with Crippen LogP contribution in [0.1, 0.15) is 66.7 Å². The van der Waals surface area contributed by atoms with Gasteiger partial charge in [0.2, 0.25) is 11.8 Å². The second kappa shape index (κ2) is 9.06. The monoisotopic (exact) mass is 431 g/mol. The largest absolute Gasteiger partial charge is 0.480 e. The van der Waals surface area contributed by atoms with E-state index in [0.29, 0.717) is 13.1 Å². The van der Waals surface area contributed by atoms with E-state index in [-0.39, 0.29) is 56.6 Å². The smallest absolute Gasteiger partial charge is 0.326 e. The summed E-state index contributed by atoms with van der Waals surface area (Å²) in [5.41, 5.74) is -0.741. The lowest BCUT2D eigenvalue weighted by Gasteiger charge is -2.43. The minimum absolute atomic E-state index is 0.0982. The van der Waals surface area contributed by atoms with Crippen molar-refractivity contribution >= 4 is 17.9 Å². The van der Waals surface area contributed by atoms with E-state index in [4.69, 9.17) is 0 Å². The topological polar surface area (TPSA) is 81.2 Å². The van der Waals surface area contributed by atoms with Gasteiger partial charge in [0.1, 0.15) is 6.04 Å². The Morgan fingerprint density at radius 2 is 1.60 bits per heavy atom. The van der Waals surface area contributed by atoms with E-state index < -0.39 is 29.4 Å². The van der Waals surface area contributed by atoms with Crippen LogP contribution in [0.2, 0.25) is 0 Å². The predicted octanol–water partition coefficient (Wildman–Crippen LogP) is 3.43. The van der Waals surface area contributed by atoms with Crippen LogP contribution in [0.4, 0.5) is 13.6 Å². The maximum atomic E-state index is 13.7. The first kappa shape index (κ1) is 24.3. The lowest BCUT2D eigenvalue weighted by atomic mass is 9.86. The van der Waals surface area contributed by atoms with Crippen molar-refractivity contribution in [1.29, 1.82) is 0 Å². The third-order valence-electron chi connectivity index (χ3n) is 6.19. The molecule has 2 fully saturated rings. The summed E-state index contributed by atoms with van der Waals surface area (Å²) >= 11 is 0. The quantitative estimate of drug-likeness (QED) is 0.723. The fourth-order valence-corrected chi connectivity index (χ4v) is 4.46. The molecule has 0 unspecified atom stereocenters. The lowest BCUT2D eigenvalue weighted by Crippen LogP contribution is -2.54. The Morgan fingerprint density at radius 3 is 2.03 bits per heavy atom. The molecule has 30 heavy (non-hydrogen) atoms. The van der Waals surface area contributed by atoms with Gasteiger partial charge in [-0.05, 0) is 26.7 Å². The van der Waals surface area contributed by atoms with Gasteiger partial charge in [0.15, 0.2) is 0 Å².